The van der Waals surface area contributed by atoms with Gasteiger partial charge in [-0.1, -0.05) is 30.0 Å². The summed E-state index contributed by atoms with van der Waals surface area (Å²) in [6, 6.07) is 10.9. The molecule has 0 spiro atoms. The van der Waals surface area contributed by atoms with Gasteiger partial charge in [-0.25, -0.2) is 18.7 Å². The number of amides is 1. The van der Waals surface area contributed by atoms with Gasteiger partial charge < -0.3 is 5.32 Å². The number of fused-ring (bicyclic) bond motifs is 3. The van der Waals surface area contributed by atoms with Gasteiger partial charge in [-0.15, -0.1) is 11.3 Å². The molecular formula is C19H13F2N3OS2. The van der Waals surface area contributed by atoms with Crippen LogP contribution in [0.5, 0.6) is 0 Å². The summed E-state index contributed by atoms with van der Waals surface area (Å²) in [5, 5.41) is 3.93. The normalized spacial score (nSPS) is 11.2. The molecule has 0 atom stereocenters. The van der Waals surface area contributed by atoms with Crippen molar-refractivity contribution in [3.8, 4) is 0 Å². The Balaban J connectivity index is 1.47. The summed E-state index contributed by atoms with van der Waals surface area (Å²) in [6.07, 6.45) is 1.39. The van der Waals surface area contributed by atoms with Crippen LogP contribution in [0.2, 0.25) is 0 Å². The molecule has 4 nitrogen and oxygen atoms in total. The van der Waals surface area contributed by atoms with E-state index in [0.717, 1.165) is 15.0 Å². The third-order valence-electron chi connectivity index (χ3n) is 3.94. The summed E-state index contributed by atoms with van der Waals surface area (Å²) < 4.78 is 28.6. The van der Waals surface area contributed by atoms with Crippen LogP contribution in [0.25, 0.3) is 20.3 Å². The maximum Gasteiger partial charge on any atom is 0.230 e. The second-order valence-corrected chi connectivity index (χ2v) is 7.78. The van der Waals surface area contributed by atoms with E-state index in [1.54, 1.807) is 18.2 Å². The lowest BCUT2D eigenvalue weighted by Crippen LogP contribution is -2.24. The van der Waals surface area contributed by atoms with Crippen LogP contribution in [0.15, 0.2) is 53.8 Å². The second kappa shape index (κ2) is 7.58. The maximum atomic E-state index is 14.1. The Morgan fingerprint density at radius 1 is 1.11 bits per heavy atom. The smallest absolute Gasteiger partial charge is 0.230 e. The number of hydrogen-bond donors (Lipinski definition) is 1. The SMILES string of the molecule is O=C(CSc1ncnc2c1sc1cccc(F)c12)NCc1ccc(F)cc1. The lowest BCUT2D eigenvalue weighted by Gasteiger charge is -2.05. The highest BCUT2D eigenvalue weighted by Gasteiger charge is 2.15. The minimum absolute atomic E-state index is 0.164. The highest BCUT2D eigenvalue weighted by Crippen LogP contribution is 2.38. The number of thiophene rings is 1. The van der Waals surface area contributed by atoms with Crippen molar-refractivity contribution < 1.29 is 13.6 Å². The van der Waals surface area contributed by atoms with Gasteiger partial charge in [0.25, 0.3) is 0 Å². The van der Waals surface area contributed by atoms with Crippen molar-refractivity contribution in [1.82, 2.24) is 15.3 Å². The summed E-state index contributed by atoms with van der Waals surface area (Å²) in [4.78, 5) is 20.6. The predicted molar refractivity (Wildman–Crippen MR) is 104 cm³/mol. The number of nitrogens with zero attached hydrogens (tertiary/aromatic N) is 2. The van der Waals surface area contributed by atoms with E-state index in [0.29, 0.717) is 22.5 Å². The van der Waals surface area contributed by atoms with E-state index < -0.39 is 0 Å². The summed E-state index contributed by atoms with van der Waals surface area (Å²) in [5.74, 6) is -0.619. The molecule has 1 amide bonds. The standard InChI is InChI=1S/C19H13F2N3OS2/c20-12-6-4-11(5-7-12)8-22-15(25)9-26-19-18-17(23-10-24-19)16-13(21)2-1-3-14(16)27-18/h1-7,10H,8-9H2,(H,22,25). The van der Waals surface area contributed by atoms with Crippen molar-refractivity contribution >= 4 is 49.3 Å². The van der Waals surface area contributed by atoms with Crippen molar-refractivity contribution in [3.63, 3.8) is 0 Å². The molecular weight excluding hydrogens is 388 g/mol. The van der Waals surface area contributed by atoms with E-state index in [1.807, 2.05) is 6.07 Å². The largest absolute Gasteiger partial charge is 0.351 e. The highest BCUT2D eigenvalue weighted by atomic mass is 32.2. The van der Waals surface area contributed by atoms with Crippen LogP contribution in [0.3, 0.4) is 0 Å². The van der Waals surface area contributed by atoms with Crippen LogP contribution in [-0.4, -0.2) is 21.6 Å². The van der Waals surface area contributed by atoms with Gasteiger partial charge in [-0.3, -0.25) is 4.79 Å². The Kier molecular flexibility index (Phi) is 5.00. The molecule has 0 saturated heterocycles. The summed E-state index contributed by atoms with van der Waals surface area (Å²) in [7, 11) is 0. The molecule has 8 heteroatoms. The van der Waals surface area contributed by atoms with Crippen LogP contribution >= 0.6 is 23.1 Å². The average molecular weight is 401 g/mol. The van der Waals surface area contributed by atoms with Crippen LogP contribution in [0.1, 0.15) is 5.56 Å². The van der Waals surface area contributed by atoms with E-state index in [9.17, 15) is 13.6 Å². The van der Waals surface area contributed by atoms with Gasteiger partial charge in [-0.05, 0) is 29.8 Å². The maximum absolute atomic E-state index is 14.1. The van der Waals surface area contributed by atoms with Crippen molar-refractivity contribution in [2.45, 2.75) is 11.6 Å². The topological polar surface area (TPSA) is 54.9 Å². The number of rotatable bonds is 5. The molecule has 2 aromatic heterocycles. The minimum Gasteiger partial charge on any atom is -0.351 e. The highest BCUT2D eigenvalue weighted by molar-refractivity contribution is 8.00. The molecule has 0 bridgehead atoms. The lowest BCUT2D eigenvalue weighted by molar-refractivity contribution is -0.118. The second-order valence-electron chi connectivity index (χ2n) is 5.76. The minimum atomic E-state index is -0.314. The Bertz CT molecular complexity index is 1130. The quantitative estimate of drug-likeness (QED) is 0.394. The molecule has 4 rings (SSSR count). The number of benzene rings is 2. The fourth-order valence-corrected chi connectivity index (χ4v) is 4.72. The monoisotopic (exact) mass is 401 g/mol. The number of carbonyl (C=O) groups is 1. The first-order valence-corrected chi connectivity index (χ1v) is 9.87. The predicted octanol–water partition coefficient (Wildman–Crippen LogP) is 4.53. The molecule has 2 heterocycles. The third kappa shape index (κ3) is 3.77. The van der Waals surface area contributed by atoms with Crippen LogP contribution in [0, 0.1) is 11.6 Å². The van der Waals surface area contributed by atoms with Crippen molar-refractivity contribution in [3.05, 3.63) is 66.0 Å². The van der Waals surface area contributed by atoms with Gasteiger partial charge in [0.05, 0.1) is 21.4 Å². The Labute approximate surface area is 161 Å². The fourth-order valence-electron chi connectivity index (χ4n) is 2.65. The Morgan fingerprint density at radius 2 is 1.93 bits per heavy atom. The van der Waals surface area contributed by atoms with Crippen LogP contribution in [0.4, 0.5) is 8.78 Å². The van der Waals surface area contributed by atoms with Crippen LogP contribution < -0.4 is 5.32 Å². The van der Waals surface area contributed by atoms with Gasteiger partial charge >= 0.3 is 0 Å². The first-order chi connectivity index (χ1) is 13.1. The van der Waals surface area contributed by atoms with Crippen molar-refractivity contribution in [1.29, 1.82) is 0 Å². The lowest BCUT2D eigenvalue weighted by atomic mass is 10.2. The van der Waals surface area contributed by atoms with Crippen molar-refractivity contribution in [2.24, 2.45) is 0 Å². The van der Waals surface area contributed by atoms with Gasteiger partial charge in [0.15, 0.2) is 0 Å². The van der Waals surface area contributed by atoms with Gasteiger partial charge in [0.2, 0.25) is 5.91 Å². The average Bonchev–Trinajstić information content (AvgIpc) is 3.06. The zero-order chi connectivity index (χ0) is 18.8. The number of aromatic nitrogens is 2. The van der Waals surface area contributed by atoms with Gasteiger partial charge in [0, 0.05) is 11.2 Å². The van der Waals surface area contributed by atoms with E-state index in [-0.39, 0.29) is 23.3 Å². The zero-order valence-corrected chi connectivity index (χ0v) is 15.5. The molecule has 0 aliphatic rings. The molecule has 0 fully saturated rings. The van der Waals surface area contributed by atoms with E-state index in [1.165, 1.54) is 47.6 Å². The number of nitrogens with one attached hydrogen (secondary N) is 1. The molecule has 0 aliphatic carbocycles. The van der Waals surface area contributed by atoms with Gasteiger partial charge in [0.1, 0.15) is 23.0 Å². The Hall–Kier alpha value is -2.58. The summed E-state index contributed by atoms with van der Waals surface area (Å²) in [6.45, 7) is 0.326. The molecule has 0 radical (unpaired) electrons. The number of thioether (sulfide) groups is 1. The molecule has 136 valence electrons. The van der Waals surface area contributed by atoms with Gasteiger partial charge in [-0.2, -0.15) is 0 Å². The number of halogens is 2. The van der Waals surface area contributed by atoms with Crippen molar-refractivity contribution in [2.75, 3.05) is 5.75 Å². The summed E-state index contributed by atoms with van der Waals surface area (Å²) in [5.41, 5.74) is 1.39. The third-order valence-corrected chi connectivity index (χ3v) is 6.21. The number of hydrogen-bond acceptors (Lipinski definition) is 5. The van der Waals surface area contributed by atoms with E-state index >= 15 is 0 Å². The van der Waals surface area contributed by atoms with E-state index in [4.69, 9.17) is 0 Å². The molecule has 0 aliphatic heterocycles. The molecule has 0 saturated carbocycles. The molecule has 4 aromatic rings. The first-order valence-electron chi connectivity index (χ1n) is 8.07. The fraction of sp³-hybridized carbons (Fsp3) is 0.105. The Morgan fingerprint density at radius 3 is 2.74 bits per heavy atom. The molecule has 1 N–H and O–H groups in total. The first kappa shape index (κ1) is 17.8. The van der Waals surface area contributed by atoms with Crippen LogP contribution in [-0.2, 0) is 11.3 Å². The molecule has 27 heavy (non-hydrogen) atoms. The number of carbonyl (C=O) groups excluding carboxylic acids is 1. The molecule has 2 aromatic carbocycles. The zero-order valence-electron chi connectivity index (χ0n) is 13.9. The van der Waals surface area contributed by atoms with E-state index in [2.05, 4.69) is 15.3 Å². The summed E-state index contributed by atoms with van der Waals surface area (Å²) >= 11 is 2.69. The molecule has 0 unspecified atom stereocenters.